The molecule has 6 heteroatoms. The van der Waals surface area contributed by atoms with E-state index in [1.54, 1.807) is 30.8 Å². The van der Waals surface area contributed by atoms with E-state index in [9.17, 15) is 9.59 Å². The topological polar surface area (TPSA) is 84.2 Å². The molecule has 1 saturated carbocycles. The van der Waals surface area contributed by atoms with Crippen LogP contribution in [0.2, 0.25) is 0 Å². The lowest BCUT2D eigenvalue weighted by molar-refractivity contribution is -0.137. The first kappa shape index (κ1) is 14.3. The van der Waals surface area contributed by atoms with E-state index < -0.39 is 5.41 Å². The highest BCUT2D eigenvalue weighted by Gasteiger charge is 2.56. The van der Waals surface area contributed by atoms with Gasteiger partial charge in [-0.2, -0.15) is 0 Å². The summed E-state index contributed by atoms with van der Waals surface area (Å²) in [7, 11) is 0. The molecule has 6 nitrogen and oxygen atoms in total. The van der Waals surface area contributed by atoms with Crippen molar-refractivity contribution in [3.63, 3.8) is 0 Å². The minimum atomic E-state index is -0.922. The predicted molar refractivity (Wildman–Crippen MR) is 78.3 cm³/mol. The van der Waals surface area contributed by atoms with Crippen molar-refractivity contribution in [2.75, 3.05) is 0 Å². The van der Waals surface area contributed by atoms with Gasteiger partial charge in [0.15, 0.2) is 0 Å². The molecule has 1 aliphatic carbocycles. The van der Waals surface area contributed by atoms with E-state index in [0.717, 1.165) is 5.56 Å². The number of nitrogens with one attached hydrogen (secondary N) is 2. The maximum atomic E-state index is 12.3. The van der Waals surface area contributed by atoms with E-state index in [1.165, 1.54) is 0 Å². The van der Waals surface area contributed by atoms with E-state index >= 15 is 0 Å². The Morgan fingerprint density at radius 3 is 2.50 bits per heavy atom. The second kappa shape index (κ2) is 6.01. The van der Waals surface area contributed by atoms with E-state index in [4.69, 9.17) is 4.42 Å². The third kappa shape index (κ3) is 3.00. The molecule has 2 amide bonds. The van der Waals surface area contributed by atoms with Crippen molar-refractivity contribution >= 4 is 11.8 Å². The fourth-order valence-electron chi connectivity index (χ4n) is 2.29. The Labute approximate surface area is 127 Å². The fourth-order valence-corrected chi connectivity index (χ4v) is 2.29. The summed E-state index contributed by atoms with van der Waals surface area (Å²) in [4.78, 5) is 28.5. The molecule has 1 fully saturated rings. The van der Waals surface area contributed by atoms with Gasteiger partial charge in [-0.3, -0.25) is 14.6 Å². The van der Waals surface area contributed by atoms with Crippen molar-refractivity contribution in [1.82, 2.24) is 15.6 Å². The van der Waals surface area contributed by atoms with E-state index in [1.807, 2.05) is 12.1 Å². The Bertz CT molecular complexity index is 649. The molecule has 0 aromatic carbocycles. The van der Waals surface area contributed by atoms with Crippen LogP contribution in [0, 0.1) is 5.41 Å². The largest absolute Gasteiger partial charge is 0.467 e. The average Bonchev–Trinajstić information content (AvgIpc) is 3.21. The Hall–Kier alpha value is -2.63. The summed E-state index contributed by atoms with van der Waals surface area (Å²) in [6, 6.07) is 7.23. The van der Waals surface area contributed by atoms with Crippen LogP contribution < -0.4 is 10.6 Å². The first-order valence-electron chi connectivity index (χ1n) is 7.19. The summed E-state index contributed by atoms with van der Waals surface area (Å²) in [6.45, 7) is 0.670. The van der Waals surface area contributed by atoms with Crippen LogP contribution in [0.1, 0.15) is 24.2 Å². The number of aromatic nitrogens is 1. The molecule has 2 aromatic rings. The van der Waals surface area contributed by atoms with Gasteiger partial charge in [0.05, 0.1) is 12.8 Å². The standard InChI is InChI=1S/C16H17N3O3/c20-14(18-10-12-3-1-7-17-9-12)16(5-6-16)15(21)19-11-13-4-2-8-22-13/h1-4,7-9H,5-6,10-11H2,(H,18,20)(H,19,21). The second-order valence-electron chi connectivity index (χ2n) is 5.39. The first-order chi connectivity index (χ1) is 10.7. The molecule has 0 atom stereocenters. The minimum absolute atomic E-state index is 0.228. The molecule has 2 N–H and O–H groups in total. The van der Waals surface area contributed by atoms with Gasteiger partial charge >= 0.3 is 0 Å². The van der Waals surface area contributed by atoms with Crippen LogP contribution in [0.25, 0.3) is 0 Å². The monoisotopic (exact) mass is 299 g/mol. The molecule has 0 radical (unpaired) electrons. The minimum Gasteiger partial charge on any atom is -0.467 e. The van der Waals surface area contributed by atoms with Crippen LogP contribution in [0.3, 0.4) is 0 Å². The van der Waals surface area contributed by atoms with Gasteiger partial charge in [-0.15, -0.1) is 0 Å². The fraction of sp³-hybridized carbons (Fsp3) is 0.312. The van der Waals surface area contributed by atoms with Crippen LogP contribution in [-0.2, 0) is 22.7 Å². The number of rotatable bonds is 6. The normalized spacial score (nSPS) is 15.1. The second-order valence-corrected chi connectivity index (χ2v) is 5.39. The van der Waals surface area contributed by atoms with E-state index in [0.29, 0.717) is 31.7 Å². The third-order valence-electron chi connectivity index (χ3n) is 3.80. The van der Waals surface area contributed by atoms with Gasteiger partial charge in [-0.1, -0.05) is 6.07 Å². The predicted octanol–water partition coefficient (Wildman–Crippen LogP) is 1.39. The van der Waals surface area contributed by atoms with Crippen LogP contribution in [0.5, 0.6) is 0 Å². The molecule has 114 valence electrons. The zero-order chi connectivity index (χ0) is 15.4. The van der Waals surface area contributed by atoms with E-state index in [-0.39, 0.29) is 11.8 Å². The van der Waals surface area contributed by atoms with Crippen molar-refractivity contribution in [3.8, 4) is 0 Å². The highest BCUT2D eigenvalue weighted by Crippen LogP contribution is 2.46. The van der Waals surface area contributed by atoms with Gasteiger partial charge < -0.3 is 15.1 Å². The number of furan rings is 1. The SMILES string of the molecule is O=C(NCc1cccnc1)C1(C(=O)NCc2ccco2)CC1. The highest BCUT2D eigenvalue weighted by atomic mass is 16.3. The molecule has 0 aliphatic heterocycles. The highest BCUT2D eigenvalue weighted by molar-refractivity contribution is 6.07. The first-order valence-corrected chi connectivity index (χ1v) is 7.19. The lowest BCUT2D eigenvalue weighted by Crippen LogP contribution is -2.42. The molecular formula is C16H17N3O3. The number of nitrogens with zero attached hydrogens (tertiary/aromatic N) is 1. The number of carbonyl (C=O) groups is 2. The van der Waals surface area contributed by atoms with Gasteiger partial charge in [0.1, 0.15) is 11.2 Å². The maximum absolute atomic E-state index is 12.3. The summed E-state index contributed by atoms with van der Waals surface area (Å²) in [6.07, 6.45) is 6.08. The third-order valence-corrected chi connectivity index (χ3v) is 3.80. The van der Waals surface area contributed by atoms with Crippen molar-refractivity contribution < 1.29 is 14.0 Å². The molecule has 22 heavy (non-hydrogen) atoms. The summed E-state index contributed by atoms with van der Waals surface area (Å²) in [5.74, 6) is 0.195. The molecule has 0 bridgehead atoms. The van der Waals surface area contributed by atoms with Gasteiger partial charge in [0.2, 0.25) is 11.8 Å². The smallest absolute Gasteiger partial charge is 0.236 e. The molecule has 2 aromatic heterocycles. The Kier molecular flexibility index (Phi) is 3.91. The summed E-state index contributed by atoms with van der Waals surface area (Å²) in [5, 5.41) is 5.57. The molecule has 0 unspecified atom stereocenters. The molecule has 1 aliphatic rings. The van der Waals surface area contributed by atoms with Gasteiger partial charge in [-0.05, 0) is 36.6 Å². The molecule has 0 saturated heterocycles. The Morgan fingerprint density at radius 2 is 1.91 bits per heavy atom. The van der Waals surface area contributed by atoms with Gasteiger partial charge in [0, 0.05) is 18.9 Å². The van der Waals surface area contributed by atoms with Crippen molar-refractivity contribution in [2.24, 2.45) is 5.41 Å². The van der Waals surface area contributed by atoms with Crippen LogP contribution in [0.15, 0.2) is 47.3 Å². The van der Waals surface area contributed by atoms with Crippen LogP contribution >= 0.6 is 0 Å². The zero-order valence-corrected chi connectivity index (χ0v) is 12.0. The van der Waals surface area contributed by atoms with E-state index in [2.05, 4.69) is 15.6 Å². The zero-order valence-electron chi connectivity index (χ0n) is 12.0. The van der Waals surface area contributed by atoms with Crippen molar-refractivity contribution in [3.05, 3.63) is 54.2 Å². The summed E-state index contributed by atoms with van der Waals surface area (Å²) < 4.78 is 5.16. The van der Waals surface area contributed by atoms with Crippen LogP contribution in [-0.4, -0.2) is 16.8 Å². The summed E-state index contributed by atoms with van der Waals surface area (Å²) >= 11 is 0. The number of amides is 2. The Morgan fingerprint density at radius 1 is 1.14 bits per heavy atom. The molecular weight excluding hydrogens is 282 g/mol. The number of hydrogen-bond acceptors (Lipinski definition) is 4. The van der Waals surface area contributed by atoms with Crippen molar-refractivity contribution in [1.29, 1.82) is 0 Å². The Balaban J connectivity index is 1.53. The molecule has 3 rings (SSSR count). The number of carbonyl (C=O) groups excluding carboxylic acids is 2. The number of pyridine rings is 1. The number of hydrogen-bond donors (Lipinski definition) is 2. The molecule has 2 heterocycles. The van der Waals surface area contributed by atoms with Crippen molar-refractivity contribution in [2.45, 2.75) is 25.9 Å². The van der Waals surface area contributed by atoms with Crippen LogP contribution in [0.4, 0.5) is 0 Å². The van der Waals surface area contributed by atoms with Gasteiger partial charge in [-0.25, -0.2) is 0 Å². The summed E-state index contributed by atoms with van der Waals surface area (Å²) in [5.41, 5.74) is -0.0166. The molecule has 0 spiro atoms. The average molecular weight is 299 g/mol. The lowest BCUT2D eigenvalue weighted by atomic mass is 10.1. The quantitative estimate of drug-likeness (QED) is 0.789. The van der Waals surface area contributed by atoms with Gasteiger partial charge in [0.25, 0.3) is 0 Å². The lowest BCUT2D eigenvalue weighted by Gasteiger charge is -2.15. The maximum Gasteiger partial charge on any atom is 0.236 e.